The minimum Gasteiger partial charge on any atom is -0.493 e. The maximum atomic E-state index is 13.2. The van der Waals surface area contributed by atoms with Crippen LogP contribution in [0.4, 0.5) is 4.39 Å². The molecule has 18 heavy (non-hydrogen) atoms. The molecule has 0 aromatic heterocycles. The van der Waals surface area contributed by atoms with Crippen LogP contribution in [0.5, 0.6) is 5.75 Å². The molecule has 0 aliphatic heterocycles. The van der Waals surface area contributed by atoms with Crippen molar-refractivity contribution < 1.29 is 19.0 Å². The van der Waals surface area contributed by atoms with Crippen LogP contribution in [-0.4, -0.2) is 31.5 Å². The van der Waals surface area contributed by atoms with Gasteiger partial charge in [0.15, 0.2) is 0 Å². The highest BCUT2D eigenvalue weighted by Crippen LogP contribution is 2.16. The van der Waals surface area contributed by atoms with Crippen LogP contribution in [-0.2, 0) is 4.74 Å². The molecule has 1 aromatic rings. The Labute approximate surface area is 107 Å². The van der Waals surface area contributed by atoms with E-state index in [0.29, 0.717) is 31.1 Å². The van der Waals surface area contributed by atoms with Crippen molar-refractivity contribution in [2.45, 2.75) is 13.3 Å². The van der Waals surface area contributed by atoms with E-state index in [9.17, 15) is 4.39 Å². The summed E-state index contributed by atoms with van der Waals surface area (Å²) in [6, 6.07) is 4.26. The summed E-state index contributed by atoms with van der Waals surface area (Å²) in [5.74, 6) is 5.14. The topological polar surface area (TPSA) is 38.7 Å². The Morgan fingerprint density at radius 1 is 1.28 bits per heavy atom. The van der Waals surface area contributed by atoms with Gasteiger partial charge in [-0.15, -0.1) is 0 Å². The molecule has 0 bridgehead atoms. The molecule has 0 aliphatic carbocycles. The average Bonchev–Trinajstić information content (AvgIpc) is 2.35. The first kappa shape index (κ1) is 14.5. The second-order valence-corrected chi connectivity index (χ2v) is 3.53. The summed E-state index contributed by atoms with van der Waals surface area (Å²) in [7, 11) is 0. The Morgan fingerprint density at radius 2 is 2.11 bits per heavy atom. The van der Waals surface area contributed by atoms with Crippen molar-refractivity contribution in [1.29, 1.82) is 0 Å². The zero-order valence-electron chi connectivity index (χ0n) is 10.4. The molecule has 0 atom stereocenters. The molecule has 0 spiro atoms. The lowest BCUT2D eigenvalue weighted by molar-refractivity contribution is 0.131. The standard InChI is InChI=1S/C14H17FO3/c1-2-17-7-4-8-18-14-10-12(5-3-6-16)9-13(15)11-14/h9-11,16H,2,4,6-8H2,1H3. The second-order valence-electron chi connectivity index (χ2n) is 3.53. The van der Waals surface area contributed by atoms with Gasteiger partial charge in [0, 0.05) is 31.3 Å². The fraction of sp³-hybridized carbons (Fsp3) is 0.429. The summed E-state index contributed by atoms with van der Waals surface area (Å²) >= 11 is 0. The third kappa shape index (κ3) is 5.67. The molecule has 1 rings (SSSR count). The predicted octanol–water partition coefficient (Wildman–Crippen LogP) is 1.97. The number of ether oxygens (including phenoxy) is 2. The van der Waals surface area contributed by atoms with E-state index in [4.69, 9.17) is 14.6 Å². The van der Waals surface area contributed by atoms with Crippen LogP contribution in [0.1, 0.15) is 18.9 Å². The smallest absolute Gasteiger partial charge is 0.128 e. The summed E-state index contributed by atoms with van der Waals surface area (Å²) in [4.78, 5) is 0. The molecule has 0 fully saturated rings. The van der Waals surface area contributed by atoms with E-state index in [1.54, 1.807) is 6.07 Å². The molecule has 0 heterocycles. The second kappa shape index (κ2) is 8.51. The van der Waals surface area contributed by atoms with Crippen LogP contribution in [0.15, 0.2) is 18.2 Å². The van der Waals surface area contributed by atoms with Crippen LogP contribution in [0.25, 0.3) is 0 Å². The third-order valence-electron chi connectivity index (χ3n) is 2.09. The minimum absolute atomic E-state index is 0.249. The zero-order valence-corrected chi connectivity index (χ0v) is 10.4. The van der Waals surface area contributed by atoms with Crippen molar-refractivity contribution >= 4 is 0 Å². The first-order valence-corrected chi connectivity index (χ1v) is 5.87. The summed E-state index contributed by atoms with van der Waals surface area (Å²) in [5.41, 5.74) is 0.490. The quantitative estimate of drug-likeness (QED) is 0.621. The van der Waals surface area contributed by atoms with Gasteiger partial charge in [-0.2, -0.15) is 0 Å². The Kier molecular flexibility index (Phi) is 6.85. The summed E-state index contributed by atoms with van der Waals surface area (Å²) < 4.78 is 23.8. The highest BCUT2D eigenvalue weighted by molar-refractivity contribution is 5.40. The van der Waals surface area contributed by atoms with Crippen molar-refractivity contribution in [1.82, 2.24) is 0 Å². The van der Waals surface area contributed by atoms with E-state index in [-0.39, 0.29) is 6.61 Å². The summed E-state index contributed by atoms with van der Waals surface area (Å²) in [5, 5.41) is 8.58. The van der Waals surface area contributed by atoms with E-state index >= 15 is 0 Å². The number of benzene rings is 1. The number of rotatable bonds is 6. The molecular weight excluding hydrogens is 235 g/mol. The lowest BCUT2D eigenvalue weighted by atomic mass is 10.2. The van der Waals surface area contributed by atoms with Crippen molar-refractivity contribution in [3.05, 3.63) is 29.6 Å². The van der Waals surface area contributed by atoms with E-state index < -0.39 is 5.82 Å². The van der Waals surface area contributed by atoms with Gasteiger partial charge in [0.1, 0.15) is 18.2 Å². The van der Waals surface area contributed by atoms with Gasteiger partial charge >= 0.3 is 0 Å². The number of aliphatic hydroxyl groups is 1. The average molecular weight is 252 g/mol. The first-order chi connectivity index (χ1) is 8.76. The van der Waals surface area contributed by atoms with E-state index in [2.05, 4.69) is 11.8 Å². The molecule has 0 saturated carbocycles. The molecule has 1 N–H and O–H groups in total. The fourth-order valence-electron chi connectivity index (χ4n) is 1.36. The van der Waals surface area contributed by atoms with Gasteiger partial charge in [-0.25, -0.2) is 4.39 Å². The van der Waals surface area contributed by atoms with Crippen molar-refractivity contribution in [3.63, 3.8) is 0 Å². The number of hydrogen-bond donors (Lipinski definition) is 1. The van der Waals surface area contributed by atoms with Gasteiger partial charge in [0.05, 0.1) is 6.61 Å². The Morgan fingerprint density at radius 3 is 2.83 bits per heavy atom. The molecule has 1 aromatic carbocycles. The zero-order chi connectivity index (χ0) is 13.2. The predicted molar refractivity (Wildman–Crippen MR) is 67.0 cm³/mol. The lowest BCUT2D eigenvalue weighted by Gasteiger charge is -2.07. The summed E-state index contributed by atoms with van der Waals surface area (Å²) in [6.07, 6.45) is 0.752. The van der Waals surface area contributed by atoms with Crippen molar-refractivity contribution in [2.75, 3.05) is 26.4 Å². The molecule has 0 saturated heterocycles. The molecule has 0 amide bonds. The van der Waals surface area contributed by atoms with Crippen LogP contribution in [0.2, 0.25) is 0 Å². The third-order valence-corrected chi connectivity index (χ3v) is 2.09. The molecule has 3 nitrogen and oxygen atoms in total. The number of aliphatic hydroxyl groups excluding tert-OH is 1. The Hall–Kier alpha value is -1.57. The normalized spacial score (nSPS) is 9.72. The van der Waals surface area contributed by atoms with Gasteiger partial charge < -0.3 is 14.6 Å². The van der Waals surface area contributed by atoms with E-state index in [0.717, 1.165) is 6.42 Å². The van der Waals surface area contributed by atoms with Crippen molar-refractivity contribution in [2.24, 2.45) is 0 Å². The van der Waals surface area contributed by atoms with Crippen LogP contribution >= 0.6 is 0 Å². The molecule has 0 aliphatic rings. The van der Waals surface area contributed by atoms with Crippen LogP contribution in [0.3, 0.4) is 0 Å². The van der Waals surface area contributed by atoms with Gasteiger partial charge in [-0.3, -0.25) is 0 Å². The van der Waals surface area contributed by atoms with Crippen LogP contribution in [0, 0.1) is 17.7 Å². The first-order valence-electron chi connectivity index (χ1n) is 5.87. The Balaban J connectivity index is 2.52. The number of halogens is 1. The minimum atomic E-state index is -0.403. The SMILES string of the molecule is CCOCCCOc1cc(F)cc(C#CCO)c1. The van der Waals surface area contributed by atoms with Crippen LogP contribution < -0.4 is 4.74 Å². The molecule has 0 radical (unpaired) electrons. The largest absolute Gasteiger partial charge is 0.493 e. The van der Waals surface area contributed by atoms with Crippen molar-refractivity contribution in [3.8, 4) is 17.6 Å². The fourth-order valence-corrected chi connectivity index (χ4v) is 1.36. The summed E-state index contributed by atoms with van der Waals surface area (Å²) in [6.45, 7) is 3.46. The van der Waals surface area contributed by atoms with Gasteiger partial charge in [0.2, 0.25) is 0 Å². The van der Waals surface area contributed by atoms with Gasteiger partial charge in [-0.1, -0.05) is 11.8 Å². The highest BCUT2D eigenvalue weighted by atomic mass is 19.1. The van der Waals surface area contributed by atoms with E-state index in [1.165, 1.54) is 12.1 Å². The lowest BCUT2D eigenvalue weighted by Crippen LogP contribution is -2.03. The molecule has 4 heteroatoms. The maximum Gasteiger partial charge on any atom is 0.128 e. The highest BCUT2D eigenvalue weighted by Gasteiger charge is 2.00. The maximum absolute atomic E-state index is 13.2. The molecule has 0 unspecified atom stereocenters. The van der Waals surface area contributed by atoms with Gasteiger partial charge in [0.25, 0.3) is 0 Å². The molecule has 98 valence electrons. The Bertz CT molecular complexity index is 421. The van der Waals surface area contributed by atoms with E-state index in [1.807, 2.05) is 6.92 Å². The number of hydrogen-bond acceptors (Lipinski definition) is 3. The molecular formula is C14H17FO3. The van der Waals surface area contributed by atoms with Gasteiger partial charge in [-0.05, 0) is 19.1 Å². The monoisotopic (exact) mass is 252 g/mol.